The zero-order valence-corrected chi connectivity index (χ0v) is 11.9. The number of esters is 2. The molecule has 1 aromatic carbocycles. The number of nitrogens with zero attached hydrogens (tertiary/aromatic N) is 3. The molecule has 3 rings (SSSR count). The van der Waals surface area contributed by atoms with E-state index in [0.717, 1.165) is 5.56 Å². The van der Waals surface area contributed by atoms with Crippen molar-refractivity contribution >= 4 is 11.9 Å². The lowest BCUT2D eigenvalue weighted by Gasteiger charge is -2.11. The Hall–Kier alpha value is -2.58. The van der Waals surface area contributed by atoms with Crippen LogP contribution < -0.4 is 5.32 Å². The van der Waals surface area contributed by atoms with Gasteiger partial charge in [-0.05, 0) is 19.1 Å². The van der Waals surface area contributed by atoms with Crippen LogP contribution in [-0.2, 0) is 14.3 Å². The van der Waals surface area contributed by atoms with Gasteiger partial charge in [0.25, 0.3) is 0 Å². The van der Waals surface area contributed by atoms with E-state index in [4.69, 9.17) is 9.47 Å². The molecule has 1 saturated heterocycles. The van der Waals surface area contributed by atoms with Crippen LogP contribution in [0.15, 0.2) is 30.6 Å². The Morgan fingerprint density at radius 2 is 2.14 bits per heavy atom. The van der Waals surface area contributed by atoms with E-state index >= 15 is 0 Å². The first-order chi connectivity index (χ1) is 10.6. The van der Waals surface area contributed by atoms with Gasteiger partial charge in [-0.3, -0.25) is 5.32 Å². The first-order valence-electron chi connectivity index (χ1n) is 6.73. The molecule has 1 fully saturated rings. The van der Waals surface area contributed by atoms with E-state index in [-0.39, 0.29) is 5.56 Å². The molecule has 1 aliphatic heterocycles. The molecule has 0 radical (unpaired) electrons. The minimum Gasteiger partial charge on any atom is -0.386 e. The Labute approximate surface area is 126 Å². The van der Waals surface area contributed by atoms with Gasteiger partial charge in [0.05, 0.1) is 24.6 Å². The van der Waals surface area contributed by atoms with Gasteiger partial charge in [-0.2, -0.15) is 15.0 Å². The van der Waals surface area contributed by atoms with Crippen molar-refractivity contribution in [2.24, 2.45) is 0 Å². The second-order valence-corrected chi connectivity index (χ2v) is 4.75. The molecule has 1 aliphatic rings. The number of carbonyl (C=O) groups excluding carboxylic acids is 2. The zero-order valence-electron chi connectivity index (χ0n) is 11.9. The second kappa shape index (κ2) is 6.04. The fraction of sp³-hybridized carbons (Fsp3) is 0.286. The largest absolute Gasteiger partial charge is 0.386 e. The number of carbonyl (C=O) groups is 2. The third-order valence-electron chi connectivity index (χ3n) is 3.13. The van der Waals surface area contributed by atoms with Crippen molar-refractivity contribution in [2.75, 3.05) is 13.2 Å². The number of aromatic nitrogens is 3. The summed E-state index contributed by atoms with van der Waals surface area (Å²) in [7, 11) is 0. The molecule has 1 aromatic heterocycles. The molecule has 8 heteroatoms. The minimum absolute atomic E-state index is 0.211. The Morgan fingerprint density at radius 1 is 1.36 bits per heavy atom. The minimum atomic E-state index is -0.903. The highest BCUT2D eigenvalue weighted by molar-refractivity contribution is 6.00. The molecule has 0 bridgehead atoms. The third-order valence-corrected chi connectivity index (χ3v) is 3.13. The Morgan fingerprint density at radius 3 is 2.82 bits per heavy atom. The second-order valence-electron chi connectivity index (χ2n) is 4.75. The van der Waals surface area contributed by atoms with Crippen molar-refractivity contribution < 1.29 is 19.1 Å². The maximum atomic E-state index is 12.3. The van der Waals surface area contributed by atoms with Gasteiger partial charge in [-0.15, -0.1) is 0 Å². The molecule has 1 atom stereocenters. The van der Waals surface area contributed by atoms with Gasteiger partial charge in [0.15, 0.2) is 0 Å². The predicted octanol–water partition coefficient (Wildman–Crippen LogP) is 0.205. The van der Waals surface area contributed by atoms with Crippen molar-refractivity contribution in [1.82, 2.24) is 20.3 Å². The Kier molecular flexibility index (Phi) is 3.94. The van der Waals surface area contributed by atoms with Gasteiger partial charge < -0.3 is 9.47 Å². The van der Waals surface area contributed by atoms with Crippen LogP contribution in [0.2, 0.25) is 0 Å². The summed E-state index contributed by atoms with van der Waals surface area (Å²) in [5.41, 5.74) is 1.50. The molecular weight excluding hydrogens is 288 g/mol. The standard InChI is InChI=1S/C14H14N4O4/c1-9-2-3-11(18-16-4-5-17-18)10(8-9)13(19)22-14(20)12-15-6-7-21-12/h2-5,8,12,15H,6-7H2,1H3. The fourth-order valence-electron chi connectivity index (χ4n) is 2.10. The summed E-state index contributed by atoms with van der Waals surface area (Å²) in [6.07, 6.45) is 2.09. The van der Waals surface area contributed by atoms with Crippen molar-refractivity contribution in [2.45, 2.75) is 13.2 Å². The summed E-state index contributed by atoms with van der Waals surface area (Å²) >= 11 is 0. The molecule has 8 nitrogen and oxygen atoms in total. The number of nitrogens with one attached hydrogen (secondary N) is 1. The molecule has 0 amide bonds. The topological polar surface area (TPSA) is 95.3 Å². The van der Waals surface area contributed by atoms with Crippen molar-refractivity contribution in [3.8, 4) is 5.69 Å². The molecule has 0 spiro atoms. The summed E-state index contributed by atoms with van der Waals surface area (Å²) in [5, 5.41) is 10.8. The van der Waals surface area contributed by atoms with Crippen LogP contribution in [0.3, 0.4) is 0 Å². The number of aryl methyl sites for hydroxylation is 1. The zero-order chi connectivity index (χ0) is 15.5. The van der Waals surface area contributed by atoms with Gasteiger partial charge in [0.2, 0.25) is 6.23 Å². The molecule has 114 valence electrons. The fourth-order valence-corrected chi connectivity index (χ4v) is 2.10. The van der Waals surface area contributed by atoms with E-state index in [1.807, 2.05) is 13.0 Å². The van der Waals surface area contributed by atoms with E-state index in [0.29, 0.717) is 18.8 Å². The molecule has 1 unspecified atom stereocenters. The van der Waals surface area contributed by atoms with Crippen molar-refractivity contribution in [3.63, 3.8) is 0 Å². The molecule has 22 heavy (non-hydrogen) atoms. The van der Waals surface area contributed by atoms with Gasteiger partial charge in [-0.25, -0.2) is 9.59 Å². The normalized spacial score (nSPS) is 17.4. The summed E-state index contributed by atoms with van der Waals surface area (Å²) in [4.78, 5) is 25.4. The average Bonchev–Trinajstić information content (AvgIpc) is 3.20. The number of hydrogen-bond donors (Lipinski definition) is 1. The van der Waals surface area contributed by atoms with E-state index in [9.17, 15) is 9.59 Å². The maximum absolute atomic E-state index is 12.3. The van der Waals surface area contributed by atoms with Gasteiger partial charge in [-0.1, -0.05) is 11.6 Å². The first kappa shape index (κ1) is 14.4. The van der Waals surface area contributed by atoms with Crippen LogP contribution >= 0.6 is 0 Å². The summed E-state index contributed by atoms with van der Waals surface area (Å²) in [5.74, 6) is -1.53. The number of ether oxygens (including phenoxy) is 2. The highest BCUT2D eigenvalue weighted by Gasteiger charge is 2.28. The van der Waals surface area contributed by atoms with Crippen LogP contribution in [0, 0.1) is 6.92 Å². The predicted molar refractivity (Wildman–Crippen MR) is 74.3 cm³/mol. The monoisotopic (exact) mass is 302 g/mol. The molecule has 0 saturated carbocycles. The van der Waals surface area contributed by atoms with E-state index < -0.39 is 18.2 Å². The first-order valence-corrected chi connectivity index (χ1v) is 6.73. The summed E-state index contributed by atoms with van der Waals surface area (Å²) < 4.78 is 9.99. The molecule has 2 heterocycles. The molecule has 1 N–H and O–H groups in total. The van der Waals surface area contributed by atoms with Crippen LogP contribution in [0.25, 0.3) is 5.69 Å². The summed E-state index contributed by atoms with van der Waals surface area (Å²) in [6, 6.07) is 5.14. The molecule has 2 aromatic rings. The average molecular weight is 302 g/mol. The van der Waals surface area contributed by atoms with E-state index in [1.165, 1.54) is 17.2 Å². The van der Waals surface area contributed by atoms with Gasteiger partial charge >= 0.3 is 11.9 Å². The highest BCUT2D eigenvalue weighted by Crippen LogP contribution is 2.16. The van der Waals surface area contributed by atoms with Crippen molar-refractivity contribution in [3.05, 3.63) is 41.7 Å². The third kappa shape index (κ3) is 2.87. The maximum Gasteiger partial charge on any atom is 0.358 e. The van der Waals surface area contributed by atoms with Crippen LogP contribution in [-0.4, -0.2) is 46.3 Å². The lowest BCUT2D eigenvalue weighted by atomic mass is 10.1. The van der Waals surface area contributed by atoms with Crippen LogP contribution in [0.1, 0.15) is 15.9 Å². The van der Waals surface area contributed by atoms with Crippen molar-refractivity contribution in [1.29, 1.82) is 0 Å². The quantitative estimate of drug-likeness (QED) is 0.639. The molecular formula is C14H14N4O4. The summed E-state index contributed by atoms with van der Waals surface area (Å²) in [6.45, 7) is 2.78. The van der Waals surface area contributed by atoms with Gasteiger partial charge in [0.1, 0.15) is 5.69 Å². The van der Waals surface area contributed by atoms with Crippen LogP contribution in [0.4, 0.5) is 0 Å². The number of rotatable bonds is 3. The SMILES string of the molecule is Cc1ccc(-n2nccn2)c(C(=O)OC(=O)C2NCCO2)c1. The number of hydrogen-bond acceptors (Lipinski definition) is 7. The van der Waals surface area contributed by atoms with Gasteiger partial charge in [0, 0.05) is 6.54 Å². The lowest BCUT2D eigenvalue weighted by molar-refractivity contribution is -0.149. The number of benzene rings is 1. The van der Waals surface area contributed by atoms with E-state index in [2.05, 4.69) is 15.5 Å². The highest BCUT2D eigenvalue weighted by atomic mass is 16.6. The Bertz CT molecular complexity index is 693. The molecule has 0 aliphatic carbocycles. The smallest absolute Gasteiger partial charge is 0.358 e. The van der Waals surface area contributed by atoms with Crippen LogP contribution in [0.5, 0.6) is 0 Å². The Balaban J connectivity index is 1.85. The van der Waals surface area contributed by atoms with E-state index in [1.54, 1.807) is 12.1 Å². The lowest BCUT2D eigenvalue weighted by Crippen LogP contribution is -2.35.